The molecule has 0 atom stereocenters. The predicted molar refractivity (Wildman–Crippen MR) is 444 cm³/mol. The van der Waals surface area contributed by atoms with Gasteiger partial charge in [-0.3, -0.25) is 0 Å². The van der Waals surface area contributed by atoms with Gasteiger partial charge in [0, 0.05) is 0 Å². The van der Waals surface area contributed by atoms with Crippen LogP contribution in [0.2, 0.25) is 0 Å². The van der Waals surface area contributed by atoms with E-state index >= 15 is 0 Å². The van der Waals surface area contributed by atoms with E-state index in [1.54, 1.807) is 0 Å². The number of hydrogen-bond donors (Lipinski definition) is 0. The molecule has 0 saturated carbocycles. The Bertz CT molecular complexity index is 5150. The molecule has 0 unspecified atom stereocenters. The summed E-state index contributed by atoms with van der Waals surface area (Å²) in [6.45, 7) is 0. The third-order valence-corrected chi connectivity index (χ3v) is 28.8. The number of halogens is 6. The molecule has 0 heterocycles. The zero-order chi connectivity index (χ0) is 75.4. The van der Waals surface area contributed by atoms with Crippen molar-refractivity contribution in [2.75, 3.05) is 0 Å². The second-order valence-electron chi connectivity index (χ2n) is 24.5. The Kier molecular flexibility index (Phi) is 30.4. The fraction of sp³-hybridized carbons (Fsp3) is 0.0222. The fourth-order valence-corrected chi connectivity index (χ4v) is 23.1. The van der Waals surface area contributed by atoms with Crippen LogP contribution in [-0.4, -0.2) is 47.9 Å². The van der Waals surface area contributed by atoms with Crippen LogP contribution < -0.4 is 63.7 Å². The third-order valence-electron chi connectivity index (χ3n) is 17.8. The van der Waals surface area contributed by atoms with Crippen LogP contribution in [0.15, 0.2) is 388 Å². The molecular formula is C90H66F6O8P4Pt2S2. The van der Waals surface area contributed by atoms with E-state index in [9.17, 15) is 26.3 Å². The molecule has 0 aliphatic carbocycles. The standard InChI is InChI=1S/2C44H32P2.2CHF3O3S.2H2O.2Pt/c2*1-5-19-35(20-6-1)45(36-21-7-2-8-22-36)41-31-29-33-17-13-15-27-39(33)43(41)44-40-28-16-14-18-34(40)30-32-42(44)46(37-23-9-3-10-24-37)38-25-11-4-12-26-38;2*2-1(3,4)8(5,6)7;;;;/h2*1-32H;2*(H,5,6,7);2*1H2;;/q;;;;;;2*+2/p-4. The molecule has 0 saturated heterocycles. The van der Waals surface area contributed by atoms with Gasteiger partial charge in [-0.05, 0) is 161 Å². The summed E-state index contributed by atoms with van der Waals surface area (Å²) in [6.07, 6.45) is 0. The summed E-state index contributed by atoms with van der Waals surface area (Å²) in [7, 11) is -15.6. The molecule has 2 N–H and O–H groups in total. The molecule has 0 aliphatic rings. The van der Waals surface area contributed by atoms with E-state index in [2.05, 4.69) is 388 Å². The van der Waals surface area contributed by atoms with Gasteiger partial charge in [-0.25, -0.2) is 16.8 Å². The van der Waals surface area contributed by atoms with Crippen LogP contribution >= 0.6 is 31.7 Å². The van der Waals surface area contributed by atoms with Crippen LogP contribution in [0.4, 0.5) is 26.3 Å². The van der Waals surface area contributed by atoms with Crippen molar-refractivity contribution in [1.82, 2.24) is 0 Å². The molecule has 16 aromatic carbocycles. The molecule has 112 heavy (non-hydrogen) atoms. The van der Waals surface area contributed by atoms with Crippen molar-refractivity contribution in [1.29, 1.82) is 0 Å². The molecule has 16 rings (SSSR count). The first-order valence-electron chi connectivity index (χ1n) is 34.0. The van der Waals surface area contributed by atoms with E-state index in [1.165, 1.54) is 129 Å². The van der Waals surface area contributed by atoms with Gasteiger partial charge < -0.3 is 20.1 Å². The third kappa shape index (κ3) is 19.9. The Hall–Kier alpha value is -9.02. The molecule has 0 bridgehead atoms. The molecule has 8 nitrogen and oxygen atoms in total. The Labute approximate surface area is 680 Å². The van der Waals surface area contributed by atoms with Gasteiger partial charge in [0.1, 0.15) is 0 Å². The molecule has 0 aliphatic heterocycles. The van der Waals surface area contributed by atoms with Crippen molar-refractivity contribution in [3.63, 3.8) is 0 Å². The van der Waals surface area contributed by atoms with E-state index in [1.807, 2.05) is 0 Å². The van der Waals surface area contributed by atoms with Crippen molar-refractivity contribution in [3.05, 3.63) is 388 Å². The summed E-state index contributed by atoms with van der Waals surface area (Å²) < 4.78 is 118. The Morgan fingerprint density at radius 1 is 0.205 bits per heavy atom. The van der Waals surface area contributed by atoms with Gasteiger partial charge in [0.25, 0.3) is 0 Å². The molecule has 0 spiro atoms. The van der Waals surface area contributed by atoms with Crippen LogP contribution in [0, 0.1) is 0 Å². The minimum Gasteiger partial charge on any atom is -0.870 e. The summed E-state index contributed by atoms with van der Waals surface area (Å²) in [6, 6.07) is 144. The number of rotatable bonds is 14. The zero-order valence-electron chi connectivity index (χ0n) is 58.8. The molecule has 0 aromatic heterocycles. The molecule has 0 radical (unpaired) electrons. The summed E-state index contributed by atoms with van der Waals surface area (Å²) in [5.41, 5.74) is -5.89. The SMILES string of the molecule is O=S(=O)([O-])C(F)(F)F.O=S(=O)([O-])C(F)(F)F.[OH-].[OH-].[Pt+2].[Pt+2].c1ccc(P(c2ccccc2)c2ccc3ccccc3c2-c2c(P(c3ccccc3)c3ccccc3)ccc3ccccc23)cc1.c1ccc(P(c2ccccc2)c2ccc3ccccc3c2-c2c(P(c3ccccc3)c3ccccc3)ccc3ccccc23)cc1. The largest absolute Gasteiger partial charge is 2.00 e. The van der Waals surface area contributed by atoms with E-state index in [4.69, 9.17) is 25.9 Å². The fourth-order valence-electron chi connectivity index (χ4n) is 13.2. The van der Waals surface area contributed by atoms with Crippen molar-refractivity contribution in [3.8, 4) is 22.3 Å². The average molecular weight is 1970 g/mol. The van der Waals surface area contributed by atoms with Crippen molar-refractivity contribution < 1.29 is 105 Å². The Morgan fingerprint density at radius 3 is 0.464 bits per heavy atom. The Morgan fingerprint density at radius 2 is 0.330 bits per heavy atom. The van der Waals surface area contributed by atoms with Crippen LogP contribution in [-0.2, 0) is 62.4 Å². The van der Waals surface area contributed by atoms with Gasteiger partial charge in [0.05, 0.1) is 0 Å². The molecule has 22 heteroatoms. The first kappa shape index (κ1) is 87.0. The van der Waals surface area contributed by atoms with Crippen LogP contribution in [0.25, 0.3) is 65.3 Å². The summed E-state index contributed by atoms with van der Waals surface area (Å²) >= 11 is 0. The topological polar surface area (TPSA) is 174 Å². The smallest absolute Gasteiger partial charge is 0.870 e. The minimum atomic E-state index is -6.09. The maximum Gasteiger partial charge on any atom is 2.00 e. The Balaban J connectivity index is 0.000000209. The number of hydrogen-bond acceptors (Lipinski definition) is 8. The minimum absolute atomic E-state index is 0. The van der Waals surface area contributed by atoms with Crippen LogP contribution in [0.5, 0.6) is 0 Å². The maximum atomic E-state index is 10.7. The van der Waals surface area contributed by atoms with Crippen LogP contribution in [0.3, 0.4) is 0 Å². The monoisotopic (exact) mass is 1970 g/mol. The van der Waals surface area contributed by atoms with E-state index in [-0.39, 0.29) is 53.1 Å². The van der Waals surface area contributed by atoms with Gasteiger partial charge in [-0.2, -0.15) is 26.3 Å². The second kappa shape index (κ2) is 39.1. The number of fused-ring (bicyclic) bond motifs is 4. The first-order chi connectivity index (χ1) is 52.2. The molecule has 568 valence electrons. The van der Waals surface area contributed by atoms with Gasteiger partial charge >= 0.3 is 53.1 Å². The van der Waals surface area contributed by atoms with E-state index in [0.717, 1.165) is 0 Å². The molecule has 16 aromatic rings. The second-order valence-corrected chi connectivity index (χ2v) is 36.0. The molecular weight excluding hydrogens is 1900 g/mol. The van der Waals surface area contributed by atoms with Gasteiger partial charge in [-0.1, -0.05) is 388 Å². The zero-order valence-corrected chi connectivity index (χ0v) is 68.6. The van der Waals surface area contributed by atoms with E-state index in [0.29, 0.717) is 0 Å². The maximum absolute atomic E-state index is 10.7. The van der Waals surface area contributed by atoms with Gasteiger partial charge in [0.15, 0.2) is 20.2 Å². The van der Waals surface area contributed by atoms with Crippen molar-refractivity contribution in [2.24, 2.45) is 0 Å². The predicted octanol–water partition coefficient (Wildman–Crippen LogP) is 18.1. The average Bonchev–Trinajstić information content (AvgIpc) is 0.737. The molecule has 0 fully saturated rings. The first-order valence-corrected chi connectivity index (χ1v) is 42.1. The number of alkyl halides is 6. The van der Waals surface area contributed by atoms with Gasteiger partial charge in [0.2, 0.25) is 0 Å². The van der Waals surface area contributed by atoms with Crippen molar-refractivity contribution >= 4 is 159 Å². The van der Waals surface area contributed by atoms with Gasteiger partial charge in [-0.15, -0.1) is 0 Å². The molecule has 0 amide bonds. The summed E-state index contributed by atoms with van der Waals surface area (Å²) in [5.74, 6) is 0. The summed E-state index contributed by atoms with van der Waals surface area (Å²) in [4.78, 5) is 0. The summed E-state index contributed by atoms with van der Waals surface area (Å²) in [5, 5.41) is 26.7. The number of benzene rings is 16. The van der Waals surface area contributed by atoms with Crippen molar-refractivity contribution in [2.45, 2.75) is 11.0 Å². The van der Waals surface area contributed by atoms with Crippen LogP contribution in [0.1, 0.15) is 0 Å². The quantitative estimate of drug-likeness (QED) is 0.0447. The normalized spacial score (nSPS) is 11.4. The van der Waals surface area contributed by atoms with E-state index < -0.39 is 62.9 Å².